The zero-order chi connectivity index (χ0) is 22.2. The number of amides is 2. The number of ether oxygens (including phenoxy) is 2. The second-order valence-electron chi connectivity index (χ2n) is 7.30. The molecule has 0 aliphatic carbocycles. The predicted octanol–water partition coefficient (Wildman–Crippen LogP) is 3.05. The molecule has 0 bridgehead atoms. The molecule has 2 aromatic rings. The van der Waals surface area contributed by atoms with Gasteiger partial charge in [0.05, 0.1) is 7.11 Å². The van der Waals surface area contributed by atoms with Crippen LogP contribution in [0.25, 0.3) is 6.08 Å². The number of carbonyl (C=O) groups excluding carboxylic acids is 3. The summed E-state index contributed by atoms with van der Waals surface area (Å²) in [5.74, 6) is 0.362. The number of piperidine rings is 1. The molecule has 1 fully saturated rings. The van der Waals surface area contributed by atoms with Gasteiger partial charge in [-0.05, 0) is 54.8 Å². The van der Waals surface area contributed by atoms with Crippen molar-refractivity contribution in [2.45, 2.75) is 25.8 Å². The number of nitrogens with zero attached hydrogens (tertiary/aromatic N) is 1. The number of nitrogens with one attached hydrogen (secondary N) is 1. The molecule has 31 heavy (non-hydrogen) atoms. The largest absolute Gasteiger partial charge is 0.497 e. The first-order valence-electron chi connectivity index (χ1n) is 10.1. The smallest absolute Gasteiger partial charge is 0.308 e. The van der Waals surface area contributed by atoms with Crippen LogP contribution in [0, 0.1) is 0 Å². The van der Waals surface area contributed by atoms with Gasteiger partial charge in [0.25, 0.3) is 5.91 Å². The molecule has 0 saturated carbocycles. The first-order chi connectivity index (χ1) is 14.9. The molecule has 7 nitrogen and oxygen atoms in total. The van der Waals surface area contributed by atoms with Crippen LogP contribution in [-0.4, -0.2) is 48.9 Å². The number of methoxy groups -OCH3 is 1. The minimum absolute atomic E-state index is 0.0173. The number of hydrogen-bond donors (Lipinski definition) is 1. The first-order valence-corrected chi connectivity index (χ1v) is 10.1. The molecule has 0 unspecified atom stereocenters. The van der Waals surface area contributed by atoms with E-state index in [-0.39, 0.29) is 17.9 Å². The van der Waals surface area contributed by atoms with E-state index in [1.165, 1.54) is 6.92 Å². The molecule has 1 aliphatic rings. The van der Waals surface area contributed by atoms with Gasteiger partial charge < -0.3 is 19.7 Å². The minimum Gasteiger partial charge on any atom is -0.497 e. The van der Waals surface area contributed by atoms with E-state index < -0.39 is 5.97 Å². The molecule has 162 valence electrons. The Morgan fingerprint density at radius 2 is 1.74 bits per heavy atom. The van der Waals surface area contributed by atoms with Crippen LogP contribution < -0.4 is 14.8 Å². The lowest BCUT2D eigenvalue weighted by atomic mass is 10.0. The van der Waals surface area contributed by atoms with Gasteiger partial charge in [-0.1, -0.05) is 18.2 Å². The van der Waals surface area contributed by atoms with Gasteiger partial charge in [0.1, 0.15) is 11.5 Å². The van der Waals surface area contributed by atoms with Crippen molar-refractivity contribution in [2.75, 3.05) is 20.2 Å². The molecule has 7 heteroatoms. The van der Waals surface area contributed by atoms with Crippen LogP contribution in [0.3, 0.4) is 0 Å². The van der Waals surface area contributed by atoms with Crippen LogP contribution in [0.1, 0.15) is 35.7 Å². The Labute approximate surface area is 181 Å². The topological polar surface area (TPSA) is 84.9 Å². The Balaban J connectivity index is 1.50. The fourth-order valence-corrected chi connectivity index (χ4v) is 3.40. The zero-order valence-corrected chi connectivity index (χ0v) is 17.7. The third-order valence-corrected chi connectivity index (χ3v) is 5.01. The van der Waals surface area contributed by atoms with E-state index in [2.05, 4.69) is 5.32 Å². The van der Waals surface area contributed by atoms with Crippen molar-refractivity contribution in [3.05, 3.63) is 65.7 Å². The quantitative estimate of drug-likeness (QED) is 0.439. The van der Waals surface area contributed by atoms with Crippen molar-refractivity contribution < 1.29 is 23.9 Å². The van der Waals surface area contributed by atoms with E-state index >= 15 is 0 Å². The molecule has 1 saturated heterocycles. The van der Waals surface area contributed by atoms with Crippen molar-refractivity contribution in [3.8, 4) is 11.5 Å². The van der Waals surface area contributed by atoms with Crippen LogP contribution in [0.2, 0.25) is 0 Å². The molecule has 0 spiro atoms. The van der Waals surface area contributed by atoms with Gasteiger partial charge in [0.2, 0.25) is 5.91 Å². The van der Waals surface area contributed by atoms with Crippen LogP contribution in [0.4, 0.5) is 0 Å². The normalized spacial score (nSPS) is 14.3. The Bertz CT molecular complexity index is 977. The Morgan fingerprint density at radius 1 is 1.03 bits per heavy atom. The third-order valence-electron chi connectivity index (χ3n) is 5.01. The lowest BCUT2D eigenvalue weighted by Gasteiger charge is -2.31. The van der Waals surface area contributed by atoms with Gasteiger partial charge in [-0.3, -0.25) is 14.4 Å². The standard InChI is InChI=1S/C24H26N2O5/c1-17(27)31-22-8-4-6-19(16-22)24(29)25-20-11-13-26(14-12-20)23(28)10-9-18-5-3-7-21(15-18)30-2/h3-10,15-16,20H,11-14H2,1-2H3,(H,25,29)/b10-9+. The molecule has 3 rings (SSSR count). The van der Waals surface area contributed by atoms with Crippen LogP contribution in [-0.2, 0) is 9.59 Å². The maximum atomic E-state index is 12.5. The minimum atomic E-state index is -0.435. The number of hydrogen-bond acceptors (Lipinski definition) is 5. The highest BCUT2D eigenvalue weighted by Gasteiger charge is 2.23. The fourth-order valence-electron chi connectivity index (χ4n) is 3.40. The van der Waals surface area contributed by atoms with E-state index in [4.69, 9.17) is 9.47 Å². The average Bonchev–Trinajstić information content (AvgIpc) is 2.78. The van der Waals surface area contributed by atoms with E-state index in [0.717, 1.165) is 11.3 Å². The van der Waals surface area contributed by atoms with Gasteiger partial charge in [-0.25, -0.2) is 0 Å². The Hall–Kier alpha value is -3.61. The Kier molecular flexibility index (Phi) is 7.43. The molecule has 1 heterocycles. The van der Waals surface area contributed by atoms with Gasteiger partial charge in [0, 0.05) is 37.7 Å². The summed E-state index contributed by atoms with van der Waals surface area (Å²) in [6.07, 6.45) is 4.69. The zero-order valence-electron chi connectivity index (χ0n) is 17.7. The highest BCUT2D eigenvalue weighted by Crippen LogP contribution is 2.17. The molecular weight excluding hydrogens is 396 g/mol. The summed E-state index contributed by atoms with van der Waals surface area (Å²) in [5, 5.41) is 3.00. The molecular formula is C24H26N2O5. The monoisotopic (exact) mass is 422 g/mol. The van der Waals surface area contributed by atoms with Crippen molar-refractivity contribution in [1.29, 1.82) is 0 Å². The summed E-state index contributed by atoms with van der Waals surface area (Å²) in [6.45, 7) is 2.45. The molecule has 0 aromatic heterocycles. The molecule has 0 radical (unpaired) electrons. The summed E-state index contributed by atoms with van der Waals surface area (Å²) in [4.78, 5) is 37.9. The number of rotatable bonds is 6. The lowest BCUT2D eigenvalue weighted by Crippen LogP contribution is -2.46. The Morgan fingerprint density at radius 3 is 2.45 bits per heavy atom. The molecule has 1 aliphatic heterocycles. The summed E-state index contributed by atoms with van der Waals surface area (Å²) >= 11 is 0. The van der Waals surface area contributed by atoms with Gasteiger partial charge in [-0.2, -0.15) is 0 Å². The van der Waals surface area contributed by atoms with E-state index in [0.29, 0.717) is 37.2 Å². The summed E-state index contributed by atoms with van der Waals surface area (Å²) in [7, 11) is 1.60. The molecule has 0 atom stereocenters. The molecule has 2 amide bonds. The van der Waals surface area contributed by atoms with Crippen LogP contribution in [0.5, 0.6) is 11.5 Å². The van der Waals surface area contributed by atoms with Crippen molar-refractivity contribution in [1.82, 2.24) is 10.2 Å². The van der Waals surface area contributed by atoms with Crippen molar-refractivity contribution in [2.24, 2.45) is 0 Å². The third kappa shape index (κ3) is 6.44. The molecule has 1 N–H and O–H groups in total. The second-order valence-corrected chi connectivity index (χ2v) is 7.30. The summed E-state index contributed by atoms with van der Waals surface area (Å²) in [5.41, 5.74) is 1.32. The van der Waals surface area contributed by atoms with E-state index in [1.807, 2.05) is 24.3 Å². The number of likely N-dealkylation sites (tertiary alicyclic amines) is 1. The molecule has 2 aromatic carbocycles. The van der Waals surface area contributed by atoms with Crippen molar-refractivity contribution in [3.63, 3.8) is 0 Å². The number of benzene rings is 2. The van der Waals surface area contributed by atoms with Crippen LogP contribution >= 0.6 is 0 Å². The second kappa shape index (κ2) is 10.4. The maximum Gasteiger partial charge on any atom is 0.308 e. The van der Waals surface area contributed by atoms with Crippen LogP contribution in [0.15, 0.2) is 54.6 Å². The number of carbonyl (C=O) groups is 3. The fraction of sp³-hybridized carbons (Fsp3) is 0.292. The SMILES string of the molecule is COc1cccc(/C=C/C(=O)N2CCC(NC(=O)c3cccc(OC(C)=O)c3)CC2)c1. The summed E-state index contributed by atoms with van der Waals surface area (Å²) < 4.78 is 10.2. The summed E-state index contributed by atoms with van der Waals surface area (Å²) in [6, 6.07) is 14.0. The first kappa shape index (κ1) is 22.1. The van der Waals surface area contributed by atoms with Crippen molar-refractivity contribution >= 4 is 23.9 Å². The average molecular weight is 422 g/mol. The predicted molar refractivity (Wildman–Crippen MR) is 117 cm³/mol. The highest BCUT2D eigenvalue weighted by atomic mass is 16.5. The maximum absolute atomic E-state index is 12.5. The number of esters is 1. The van der Waals surface area contributed by atoms with Gasteiger partial charge in [0.15, 0.2) is 0 Å². The van der Waals surface area contributed by atoms with Gasteiger partial charge >= 0.3 is 5.97 Å². The van der Waals surface area contributed by atoms with Gasteiger partial charge in [-0.15, -0.1) is 0 Å². The highest BCUT2D eigenvalue weighted by molar-refractivity contribution is 5.95. The van der Waals surface area contributed by atoms with E-state index in [9.17, 15) is 14.4 Å². The lowest BCUT2D eigenvalue weighted by molar-refractivity contribution is -0.132. The van der Waals surface area contributed by atoms with E-state index in [1.54, 1.807) is 48.4 Å².